The summed E-state index contributed by atoms with van der Waals surface area (Å²) in [6.07, 6.45) is 3.90. The molecule has 20 heavy (non-hydrogen) atoms. The first-order valence-corrected chi connectivity index (χ1v) is 8.08. The van der Waals surface area contributed by atoms with Gasteiger partial charge in [-0.1, -0.05) is 0 Å². The van der Waals surface area contributed by atoms with E-state index in [9.17, 15) is 8.42 Å². The fraction of sp³-hybridized carbons (Fsp3) is 0.538. The number of nitrogens with zero attached hydrogens (tertiary/aromatic N) is 3. The van der Waals surface area contributed by atoms with Crippen molar-refractivity contribution in [1.82, 2.24) is 9.29 Å². The lowest BCUT2D eigenvalue weighted by Gasteiger charge is -2.30. The third kappa shape index (κ3) is 3.15. The second kappa shape index (κ2) is 6.31. The zero-order valence-corrected chi connectivity index (χ0v) is 12.0. The van der Waals surface area contributed by atoms with Gasteiger partial charge in [0.1, 0.15) is 16.7 Å². The van der Waals surface area contributed by atoms with E-state index in [1.807, 2.05) is 6.07 Å². The Labute approximate surface area is 119 Å². The Balaban J connectivity index is 2.09. The summed E-state index contributed by atoms with van der Waals surface area (Å²) in [6.45, 7) is 1.69. The molecule has 1 saturated heterocycles. The molecule has 1 aliphatic heterocycles. The van der Waals surface area contributed by atoms with Crippen LogP contribution in [0.25, 0.3) is 0 Å². The van der Waals surface area contributed by atoms with Crippen molar-refractivity contribution in [2.75, 3.05) is 19.6 Å². The van der Waals surface area contributed by atoms with E-state index in [2.05, 4.69) is 4.98 Å². The minimum atomic E-state index is -3.50. The second-order valence-corrected chi connectivity index (χ2v) is 6.85. The minimum Gasteiger partial charge on any atom is -0.330 e. The van der Waals surface area contributed by atoms with E-state index < -0.39 is 10.0 Å². The highest BCUT2D eigenvalue weighted by Gasteiger charge is 2.29. The third-order valence-electron chi connectivity index (χ3n) is 3.64. The molecule has 2 N–H and O–H groups in total. The van der Waals surface area contributed by atoms with Crippen molar-refractivity contribution in [3.05, 3.63) is 24.0 Å². The lowest BCUT2D eigenvalue weighted by molar-refractivity contribution is 0.266. The Bertz CT molecular complexity index is 584. The molecule has 108 valence electrons. The van der Waals surface area contributed by atoms with Gasteiger partial charge in [0, 0.05) is 19.3 Å². The lowest BCUT2D eigenvalue weighted by atomic mass is 9.95. The molecule has 0 amide bonds. The molecule has 1 aliphatic rings. The summed E-state index contributed by atoms with van der Waals surface area (Å²) < 4.78 is 26.3. The molecule has 0 aromatic carbocycles. The first-order valence-electron chi connectivity index (χ1n) is 6.64. The molecule has 1 aromatic heterocycles. The maximum Gasteiger partial charge on any atom is 0.244 e. The van der Waals surface area contributed by atoms with Gasteiger partial charge >= 0.3 is 0 Å². The summed E-state index contributed by atoms with van der Waals surface area (Å²) in [5.74, 6) is 0.519. The maximum atomic E-state index is 12.4. The van der Waals surface area contributed by atoms with Gasteiger partial charge in [-0.3, -0.25) is 0 Å². The SMILES string of the molecule is N#Cc1ccc(S(=O)(=O)N2CCC(CCN)CC2)cn1. The monoisotopic (exact) mass is 294 g/mol. The molecule has 2 rings (SSSR count). The lowest BCUT2D eigenvalue weighted by Crippen LogP contribution is -2.38. The van der Waals surface area contributed by atoms with Crippen LogP contribution in [0.2, 0.25) is 0 Å². The highest BCUT2D eigenvalue weighted by atomic mass is 32.2. The molecule has 6 nitrogen and oxygen atoms in total. The normalized spacial score (nSPS) is 17.8. The summed E-state index contributed by atoms with van der Waals surface area (Å²) in [7, 11) is -3.50. The Morgan fingerprint density at radius 1 is 1.40 bits per heavy atom. The summed E-state index contributed by atoms with van der Waals surface area (Å²) in [4.78, 5) is 3.97. The van der Waals surface area contributed by atoms with Crippen LogP contribution >= 0.6 is 0 Å². The smallest absolute Gasteiger partial charge is 0.244 e. The van der Waals surface area contributed by atoms with Crippen molar-refractivity contribution in [3.8, 4) is 6.07 Å². The summed E-state index contributed by atoms with van der Waals surface area (Å²) in [6, 6.07) is 4.74. The van der Waals surface area contributed by atoms with E-state index in [1.165, 1.54) is 22.6 Å². The van der Waals surface area contributed by atoms with Gasteiger partial charge in [-0.15, -0.1) is 0 Å². The largest absolute Gasteiger partial charge is 0.330 e. The average molecular weight is 294 g/mol. The van der Waals surface area contributed by atoms with Crippen molar-refractivity contribution in [2.45, 2.75) is 24.2 Å². The molecule has 0 saturated carbocycles. The number of sulfonamides is 1. The highest BCUT2D eigenvalue weighted by Crippen LogP contribution is 2.24. The standard InChI is InChI=1S/C13H18N4O2S/c14-6-3-11-4-7-17(8-5-11)20(18,19)13-2-1-12(9-15)16-10-13/h1-2,10-11H,3-8,14H2. The van der Waals surface area contributed by atoms with Crippen LogP contribution in [0.15, 0.2) is 23.2 Å². The van der Waals surface area contributed by atoms with Crippen LogP contribution in [0.4, 0.5) is 0 Å². The van der Waals surface area contributed by atoms with Crippen LogP contribution in [0.5, 0.6) is 0 Å². The number of pyridine rings is 1. The van der Waals surface area contributed by atoms with E-state index in [1.54, 1.807) is 0 Å². The van der Waals surface area contributed by atoms with E-state index >= 15 is 0 Å². The molecular formula is C13H18N4O2S. The minimum absolute atomic E-state index is 0.147. The summed E-state index contributed by atoms with van der Waals surface area (Å²) in [5, 5.41) is 8.68. The number of rotatable bonds is 4. The van der Waals surface area contributed by atoms with Gasteiger partial charge in [-0.2, -0.15) is 9.57 Å². The number of hydrogen-bond acceptors (Lipinski definition) is 5. The first kappa shape index (κ1) is 14.9. The molecule has 7 heteroatoms. The van der Waals surface area contributed by atoms with Gasteiger partial charge in [-0.25, -0.2) is 13.4 Å². The van der Waals surface area contributed by atoms with Gasteiger partial charge < -0.3 is 5.73 Å². The molecule has 1 aromatic rings. The van der Waals surface area contributed by atoms with Gasteiger partial charge in [-0.05, 0) is 43.9 Å². The molecule has 0 bridgehead atoms. The Morgan fingerprint density at radius 2 is 2.10 bits per heavy atom. The zero-order chi connectivity index (χ0) is 14.6. The second-order valence-electron chi connectivity index (χ2n) is 4.92. The molecule has 0 radical (unpaired) electrons. The van der Waals surface area contributed by atoms with Crippen LogP contribution < -0.4 is 5.73 Å². The molecule has 0 unspecified atom stereocenters. The molecular weight excluding hydrogens is 276 g/mol. The van der Waals surface area contributed by atoms with Crippen LogP contribution in [-0.2, 0) is 10.0 Å². The number of piperidine rings is 1. The van der Waals surface area contributed by atoms with Crippen LogP contribution in [0.3, 0.4) is 0 Å². The van der Waals surface area contributed by atoms with Crippen molar-refractivity contribution in [1.29, 1.82) is 5.26 Å². The quantitative estimate of drug-likeness (QED) is 0.881. The first-order chi connectivity index (χ1) is 9.57. The number of aromatic nitrogens is 1. The van der Waals surface area contributed by atoms with Crippen molar-refractivity contribution in [3.63, 3.8) is 0 Å². The molecule has 1 fully saturated rings. The topological polar surface area (TPSA) is 100 Å². The fourth-order valence-electron chi connectivity index (χ4n) is 2.42. The predicted molar refractivity (Wildman–Crippen MR) is 74.1 cm³/mol. The fourth-order valence-corrected chi connectivity index (χ4v) is 3.84. The molecule has 0 aliphatic carbocycles. The molecule has 0 atom stereocenters. The van der Waals surface area contributed by atoms with Gasteiger partial charge in [0.2, 0.25) is 10.0 Å². The Kier molecular flexibility index (Phi) is 4.70. The molecule has 2 heterocycles. The van der Waals surface area contributed by atoms with E-state index in [0.29, 0.717) is 25.6 Å². The number of hydrogen-bond donors (Lipinski definition) is 1. The van der Waals surface area contributed by atoms with Gasteiger partial charge in [0.15, 0.2) is 0 Å². The van der Waals surface area contributed by atoms with Crippen molar-refractivity contribution < 1.29 is 8.42 Å². The van der Waals surface area contributed by atoms with Crippen molar-refractivity contribution in [2.24, 2.45) is 11.7 Å². The Morgan fingerprint density at radius 3 is 2.60 bits per heavy atom. The van der Waals surface area contributed by atoms with Gasteiger partial charge in [0.05, 0.1) is 0 Å². The number of nitriles is 1. The average Bonchev–Trinajstić information content (AvgIpc) is 2.48. The summed E-state index contributed by atoms with van der Waals surface area (Å²) in [5.41, 5.74) is 5.75. The van der Waals surface area contributed by atoms with E-state index in [0.717, 1.165) is 19.3 Å². The maximum absolute atomic E-state index is 12.4. The van der Waals surface area contributed by atoms with Crippen LogP contribution in [0.1, 0.15) is 25.0 Å². The van der Waals surface area contributed by atoms with E-state index in [4.69, 9.17) is 11.0 Å². The zero-order valence-electron chi connectivity index (χ0n) is 11.2. The van der Waals surface area contributed by atoms with Crippen LogP contribution in [-0.4, -0.2) is 37.3 Å². The predicted octanol–water partition coefficient (Wildman–Crippen LogP) is 0.703. The van der Waals surface area contributed by atoms with Gasteiger partial charge in [0.25, 0.3) is 0 Å². The molecule has 0 spiro atoms. The Hall–Kier alpha value is -1.49. The summed E-state index contributed by atoms with van der Waals surface area (Å²) >= 11 is 0. The van der Waals surface area contributed by atoms with E-state index in [-0.39, 0.29) is 10.6 Å². The third-order valence-corrected chi connectivity index (χ3v) is 5.52. The van der Waals surface area contributed by atoms with Crippen molar-refractivity contribution >= 4 is 10.0 Å². The number of nitrogens with two attached hydrogens (primary N) is 1. The highest BCUT2D eigenvalue weighted by molar-refractivity contribution is 7.89. The van der Waals surface area contributed by atoms with Crippen LogP contribution in [0, 0.1) is 17.2 Å².